The highest BCUT2D eigenvalue weighted by molar-refractivity contribution is 6.34. The Bertz CT molecular complexity index is 1680. The van der Waals surface area contributed by atoms with Crippen LogP contribution >= 0.6 is 11.6 Å². The van der Waals surface area contributed by atoms with E-state index in [1.54, 1.807) is 6.33 Å². The first kappa shape index (κ1) is 37.6. The van der Waals surface area contributed by atoms with Gasteiger partial charge >= 0.3 is 12.2 Å². The van der Waals surface area contributed by atoms with Gasteiger partial charge in [0, 0.05) is 37.6 Å². The number of carbonyl (C=O) groups is 2. The molecule has 5 N–H and O–H groups in total. The Kier molecular flexibility index (Phi) is 12.7. The van der Waals surface area contributed by atoms with Gasteiger partial charge in [0.2, 0.25) is 0 Å². The molecule has 2 amide bonds. The van der Waals surface area contributed by atoms with Crippen molar-refractivity contribution < 1.29 is 19.1 Å². The number of fused-ring (bicyclic) bond motifs is 2. The first-order valence-electron chi connectivity index (χ1n) is 16.8. The summed E-state index contributed by atoms with van der Waals surface area (Å²) in [5.41, 5.74) is 3.01. The van der Waals surface area contributed by atoms with Gasteiger partial charge in [-0.1, -0.05) is 11.6 Å². The van der Waals surface area contributed by atoms with Crippen LogP contribution in [0.2, 0.25) is 5.15 Å². The van der Waals surface area contributed by atoms with Crippen LogP contribution in [-0.4, -0.2) is 91.6 Å². The summed E-state index contributed by atoms with van der Waals surface area (Å²) in [6.45, 7) is 18.9. The summed E-state index contributed by atoms with van der Waals surface area (Å²) < 4.78 is 10.5. The van der Waals surface area contributed by atoms with Crippen LogP contribution in [-0.2, 0) is 9.47 Å². The standard InChI is InChI=1S/C17H25N5O2.C10H20N2O2.C7H6ClN3/c1-11-9-18-14-13(11)15(20-10-19-14)22-7-5-12(6-8-22)21-16(23)24-17(2,3)4;1-10(2,3)14-9(13)12-8-4-6-11-7-5-8;1-4-2-9-7-5(4)6(8)10-3-11-7/h9-10,12H,5-8H2,1-4H3,(H,21,23)(H,18,19,20);8,11H,4-7H2,1-3H3,(H,12,13);2-3H,1H3,(H,9,10,11). The Hall–Kier alpha value is -4.17. The summed E-state index contributed by atoms with van der Waals surface area (Å²) in [7, 11) is 0. The van der Waals surface area contributed by atoms with Crippen molar-refractivity contribution >= 4 is 51.7 Å². The number of hydrogen-bond donors (Lipinski definition) is 5. The van der Waals surface area contributed by atoms with E-state index >= 15 is 0 Å². The summed E-state index contributed by atoms with van der Waals surface area (Å²) in [6.07, 6.45) is 9.93. The molecule has 0 bridgehead atoms. The van der Waals surface area contributed by atoms with Gasteiger partial charge in [-0.25, -0.2) is 29.5 Å². The van der Waals surface area contributed by atoms with E-state index in [0.717, 1.165) is 90.9 Å². The lowest BCUT2D eigenvalue weighted by Gasteiger charge is -2.33. The lowest BCUT2D eigenvalue weighted by Crippen LogP contribution is -2.46. The number of carbonyl (C=O) groups excluding carboxylic acids is 2. The molecule has 268 valence electrons. The molecule has 2 aliphatic heterocycles. The quantitative estimate of drug-likeness (QED) is 0.161. The van der Waals surface area contributed by atoms with Crippen molar-refractivity contribution in [1.29, 1.82) is 0 Å². The van der Waals surface area contributed by atoms with Gasteiger partial charge in [-0.05, 0) is 105 Å². The molecule has 0 saturated carbocycles. The molecule has 4 aromatic heterocycles. The highest BCUT2D eigenvalue weighted by Gasteiger charge is 2.26. The molecule has 6 rings (SSSR count). The van der Waals surface area contributed by atoms with E-state index in [4.69, 9.17) is 21.1 Å². The van der Waals surface area contributed by atoms with E-state index in [1.165, 1.54) is 6.33 Å². The Balaban J connectivity index is 0.000000183. The number of hydrogen-bond acceptors (Lipinski definition) is 10. The maximum atomic E-state index is 11.9. The van der Waals surface area contributed by atoms with E-state index in [-0.39, 0.29) is 24.3 Å². The summed E-state index contributed by atoms with van der Waals surface area (Å²) in [5.74, 6) is 0.967. The third kappa shape index (κ3) is 11.5. The molecule has 0 spiro atoms. The number of rotatable bonds is 3. The van der Waals surface area contributed by atoms with Crippen molar-refractivity contribution in [2.75, 3.05) is 31.1 Å². The highest BCUT2D eigenvalue weighted by atomic mass is 35.5. The molecule has 0 atom stereocenters. The maximum absolute atomic E-state index is 11.9. The minimum atomic E-state index is -0.469. The number of piperidine rings is 2. The molecule has 0 radical (unpaired) electrons. The fourth-order valence-electron chi connectivity index (χ4n) is 5.56. The average Bonchev–Trinajstić information content (AvgIpc) is 3.60. The number of alkyl carbamates (subject to hydrolysis) is 2. The summed E-state index contributed by atoms with van der Waals surface area (Å²) in [5, 5.41) is 11.6. The van der Waals surface area contributed by atoms with Crippen LogP contribution in [0.25, 0.3) is 22.1 Å². The number of aromatic nitrogens is 6. The number of aryl methyl sites for hydroxylation is 2. The first-order valence-corrected chi connectivity index (χ1v) is 17.1. The minimum Gasteiger partial charge on any atom is -0.444 e. The van der Waals surface area contributed by atoms with Crippen LogP contribution in [0.15, 0.2) is 25.0 Å². The van der Waals surface area contributed by atoms with Gasteiger partial charge in [0.25, 0.3) is 0 Å². The first-order chi connectivity index (χ1) is 23.1. The Labute approximate surface area is 292 Å². The SMILES string of the molecule is CC(C)(C)OC(=O)NC1CCNCC1.Cc1c[nH]c2ncnc(Cl)c12.Cc1c[nH]c2ncnc(N3CCC(NC(=O)OC(C)(C)C)CC3)c12. The third-order valence-corrected chi connectivity index (χ3v) is 8.13. The van der Waals surface area contributed by atoms with E-state index in [2.05, 4.69) is 57.7 Å². The van der Waals surface area contributed by atoms with Crippen molar-refractivity contribution in [3.8, 4) is 0 Å². The second-order valence-corrected chi connectivity index (χ2v) is 14.7. The van der Waals surface area contributed by atoms with Crippen LogP contribution in [0, 0.1) is 13.8 Å². The molecule has 49 heavy (non-hydrogen) atoms. The molecule has 0 aliphatic carbocycles. The number of ether oxygens (including phenoxy) is 2. The zero-order chi connectivity index (χ0) is 35.8. The van der Waals surface area contributed by atoms with Crippen molar-refractivity contribution in [1.82, 2.24) is 45.9 Å². The fraction of sp³-hybridized carbons (Fsp3) is 0.588. The second kappa shape index (κ2) is 16.5. The lowest BCUT2D eigenvalue weighted by molar-refractivity contribution is 0.0484. The topological polar surface area (TPSA) is 175 Å². The number of amides is 2. The van der Waals surface area contributed by atoms with Gasteiger partial charge in [-0.3, -0.25) is 0 Å². The molecule has 4 aromatic rings. The highest BCUT2D eigenvalue weighted by Crippen LogP contribution is 2.28. The van der Waals surface area contributed by atoms with E-state index in [1.807, 2.05) is 60.9 Å². The molecule has 15 heteroatoms. The van der Waals surface area contributed by atoms with Crippen LogP contribution in [0.4, 0.5) is 15.4 Å². The van der Waals surface area contributed by atoms with E-state index in [0.29, 0.717) is 5.15 Å². The van der Waals surface area contributed by atoms with Crippen LogP contribution < -0.4 is 20.9 Å². The summed E-state index contributed by atoms with van der Waals surface area (Å²) in [4.78, 5) is 48.3. The monoisotopic (exact) mass is 698 g/mol. The number of aromatic amines is 2. The van der Waals surface area contributed by atoms with Crippen molar-refractivity contribution in [2.24, 2.45) is 0 Å². The van der Waals surface area contributed by atoms with Crippen molar-refractivity contribution in [2.45, 2.75) is 104 Å². The number of nitrogens with zero attached hydrogens (tertiary/aromatic N) is 5. The van der Waals surface area contributed by atoms with Gasteiger partial charge in [0.1, 0.15) is 46.1 Å². The lowest BCUT2D eigenvalue weighted by atomic mass is 10.0. The van der Waals surface area contributed by atoms with Crippen molar-refractivity contribution in [3.63, 3.8) is 0 Å². The summed E-state index contributed by atoms with van der Waals surface area (Å²) >= 11 is 5.83. The minimum absolute atomic E-state index is 0.140. The number of nitrogens with one attached hydrogen (secondary N) is 5. The predicted octanol–water partition coefficient (Wildman–Crippen LogP) is 5.94. The predicted molar refractivity (Wildman–Crippen MR) is 192 cm³/mol. The van der Waals surface area contributed by atoms with Gasteiger partial charge in [-0.2, -0.15) is 0 Å². The molecule has 2 aliphatic rings. The third-order valence-electron chi connectivity index (χ3n) is 7.84. The van der Waals surface area contributed by atoms with Crippen LogP contribution in [0.3, 0.4) is 0 Å². The Morgan fingerprint density at radius 1 is 0.755 bits per heavy atom. The smallest absolute Gasteiger partial charge is 0.407 e. The van der Waals surface area contributed by atoms with Crippen molar-refractivity contribution in [3.05, 3.63) is 41.3 Å². The molecule has 14 nitrogen and oxygen atoms in total. The molecule has 6 heterocycles. The normalized spacial score (nSPS) is 15.9. The number of halogens is 1. The number of H-pyrrole nitrogens is 2. The fourth-order valence-corrected chi connectivity index (χ4v) is 5.84. The molecule has 0 unspecified atom stereocenters. The molecule has 2 fully saturated rings. The molecule has 2 saturated heterocycles. The summed E-state index contributed by atoms with van der Waals surface area (Å²) in [6, 6.07) is 0.409. The largest absolute Gasteiger partial charge is 0.444 e. The molecular weight excluding hydrogens is 648 g/mol. The van der Waals surface area contributed by atoms with Crippen LogP contribution in [0.1, 0.15) is 78.4 Å². The van der Waals surface area contributed by atoms with Gasteiger partial charge in [0.05, 0.1) is 10.8 Å². The van der Waals surface area contributed by atoms with Crippen LogP contribution in [0.5, 0.6) is 0 Å². The molecule has 0 aromatic carbocycles. The number of anilines is 1. The van der Waals surface area contributed by atoms with E-state index in [9.17, 15) is 9.59 Å². The molecular formula is C34H51ClN10O4. The second-order valence-electron chi connectivity index (χ2n) is 14.3. The maximum Gasteiger partial charge on any atom is 0.407 e. The average molecular weight is 699 g/mol. The van der Waals surface area contributed by atoms with Gasteiger partial charge < -0.3 is 40.3 Å². The Morgan fingerprint density at radius 3 is 1.73 bits per heavy atom. The zero-order valence-corrected chi connectivity index (χ0v) is 30.6. The Morgan fingerprint density at radius 2 is 1.22 bits per heavy atom. The van der Waals surface area contributed by atoms with Gasteiger partial charge in [0.15, 0.2) is 0 Å². The van der Waals surface area contributed by atoms with E-state index < -0.39 is 11.2 Å². The zero-order valence-electron chi connectivity index (χ0n) is 29.9. The van der Waals surface area contributed by atoms with Gasteiger partial charge in [-0.15, -0.1) is 0 Å².